The second-order valence-corrected chi connectivity index (χ2v) is 5.19. The number of halogens is 1. The molecular formula is C14H22BrNO2. The van der Waals surface area contributed by atoms with Crippen LogP contribution in [0.2, 0.25) is 0 Å². The Bertz CT molecular complexity index is 358. The molecule has 3 nitrogen and oxygen atoms in total. The molecule has 0 heterocycles. The van der Waals surface area contributed by atoms with Crippen molar-refractivity contribution in [3.05, 3.63) is 28.2 Å². The number of hydrogen-bond donors (Lipinski definition) is 1. The molecule has 0 saturated carbocycles. The molecule has 1 unspecified atom stereocenters. The SMILES string of the molecule is CCCOc1ccc(Br)cc1CNCC(C)OC. The normalized spacial score (nSPS) is 12.4. The minimum Gasteiger partial charge on any atom is -0.493 e. The molecule has 1 atom stereocenters. The molecule has 0 amide bonds. The van der Waals surface area contributed by atoms with E-state index in [9.17, 15) is 0 Å². The summed E-state index contributed by atoms with van der Waals surface area (Å²) in [7, 11) is 1.72. The van der Waals surface area contributed by atoms with Crippen LogP contribution in [0.1, 0.15) is 25.8 Å². The van der Waals surface area contributed by atoms with Crippen molar-refractivity contribution in [3.8, 4) is 5.75 Å². The molecule has 18 heavy (non-hydrogen) atoms. The quantitative estimate of drug-likeness (QED) is 0.798. The Labute approximate surface area is 118 Å². The summed E-state index contributed by atoms with van der Waals surface area (Å²) < 4.78 is 12.0. The first-order valence-electron chi connectivity index (χ1n) is 6.32. The van der Waals surface area contributed by atoms with Crippen LogP contribution in [0.5, 0.6) is 5.75 Å². The highest BCUT2D eigenvalue weighted by atomic mass is 79.9. The minimum absolute atomic E-state index is 0.220. The van der Waals surface area contributed by atoms with Crippen LogP contribution in [0.25, 0.3) is 0 Å². The van der Waals surface area contributed by atoms with Crippen LogP contribution in [0.4, 0.5) is 0 Å². The van der Waals surface area contributed by atoms with E-state index in [2.05, 4.69) is 34.2 Å². The highest BCUT2D eigenvalue weighted by Gasteiger charge is 2.05. The number of methoxy groups -OCH3 is 1. The Hall–Kier alpha value is -0.580. The summed E-state index contributed by atoms with van der Waals surface area (Å²) in [6.07, 6.45) is 1.24. The first kappa shape index (κ1) is 15.5. The third kappa shape index (κ3) is 5.38. The third-order valence-electron chi connectivity index (χ3n) is 2.63. The van der Waals surface area contributed by atoms with Crippen molar-refractivity contribution in [1.29, 1.82) is 0 Å². The van der Waals surface area contributed by atoms with E-state index in [4.69, 9.17) is 9.47 Å². The lowest BCUT2D eigenvalue weighted by Gasteiger charge is -2.14. The lowest BCUT2D eigenvalue weighted by Crippen LogP contribution is -2.25. The average molecular weight is 316 g/mol. The van der Waals surface area contributed by atoms with E-state index in [0.717, 1.165) is 36.3 Å². The molecule has 4 heteroatoms. The molecular weight excluding hydrogens is 294 g/mol. The fraction of sp³-hybridized carbons (Fsp3) is 0.571. The predicted octanol–water partition coefficient (Wildman–Crippen LogP) is 3.36. The maximum absolute atomic E-state index is 5.73. The molecule has 1 N–H and O–H groups in total. The lowest BCUT2D eigenvalue weighted by molar-refractivity contribution is 0.117. The minimum atomic E-state index is 0.220. The molecule has 0 aliphatic carbocycles. The molecule has 1 aromatic carbocycles. The second-order valence-electron chi connectivity index (χ2n) is 4.28. The van der Waals surface area contributed by atoms with Gasteiger partial charge in [-0.2, -0.15) is 0 Å². The highest BCUT2D eigenvalue weighted by molar-refractivity contribution is 9.10. The van der Waals surface area contributed by atoms with Gasteiger partial charge in [-0.15, -0.1) is 0 Å². The molecule has 0 aliphatic rings. The number of rotatable bonds is 8. The van der Waals surface area contributed by atoms with Gasteiger partial charge in [0.1, 0.15) is 5.75 Å². The van der Waals surface area contributed by atoms with Crippen LogP contribution in [0.3, 0.4) is 0 Å². The van der Waals surface area contributed by atoms with E-state index in [1.54, 1.807) is 7.11 Å². The maximum atomic E-state index is 5.73. The van der Waals surface area contributed by atoms with Crippen LogP contribution in [-0.4, -0.2) is 26.4 Å². The van der Waals surface area contributed by atoms with Gasteiger partial charge in [0.05, 0.1) is 12.7 Å². The van der Waals surface area contributed by atoms with Crippen LogP contribution in [0, 0.1) is 0 Å². The molecule has 0 saturated heterocycles. The Balaban J connectivity index is 2.58. The fourth-order valence-electron chi connectivity index (χ4n) is 1.53. The van der Waals surface area contributed by atoms with Crippen LogP contribution in [0.15, 0.2) is 22.7 Å². The highest BCUT2D eigenvalue weighted by Crippen LogP contribution is 2.23. The number of ether oxygens (including phenoxy) is 2. The fourth-order valence-corrected chi connectivity index (χ4v) is 1.94. The van der Waals surface area contributed by atoms with E-state index in [-0.39, 0.29) is 6.10 Å². The van der Waals surface area contributed by atoms with Crippen molar-refractivity contribution in [2.45, 2.75) is 32.9 Å². The van der Waals surface area contributed by atoms with Crippen molar-refractivity contribution in [1.82, 2.24) is 5.32 Å². The van der Waals surface area contributed by atoms with Crippen molar-refractivity contribution in [2.75, 3.05) is 20.3 Å². The standard InChI is InChI=1S/C14H22BrNO2/c1-4-7-18-14-6-5-13(15)8-12(14)10-16-9-11(2)17-3/h5-6,8,11,16H,4,7,9-10H2,1-3H3. The van der Waals surface area contributed by atoms with Crippen molar-refractivity contribution >= 4 is 15.9 Å². The summed E-state index contributed by atoms with van der Waals surface area (Å²) in [5, 5.41) is 3.37. The molecule has 0 radical (unpaired) electrons. The van der Waals surface area contributed by atoms with Gasteiger partial charge in [-0.3, -0.25) is 0 Å². The first-order chi connectivity index (χ1) is 8.67. The van der Waals surface area contributed by atoms with Gasteiger partial charge in [0.25, 0.3) is 0 Å². The first-order valence-corrected chi connectivity index (χ1v) is 7.11. The van der Waals surface area contributed by atoms with Gasteiger partial charge in [0, 0.05) is 30.2 Å². The Morgan fingerprint density at radius 3 is 2.83 bits per heavy atom. The predicted molar refractivity (Wildman–Crippen MR) is 78.1 cm³/mol. The largest absolute Gasteiger partial charge is 0.493 e. The Kier molecular flexibility index (Phi) is 7.32. The summed E-state index contributed by atoms with van der Waals surface area (Å²) in [6, 6.07) is 6.11. The number of nitrogens with one attached hydrogen (secondary N) is 1. The average Bonchev–Trinajstić information content (AvgIpc) is 2.37. The van der Waals surface area contributed by atoms with E-state index in [0.29, 0.717) is 0 Å². The van der Waals surface area contributed by atoms with Gasteiger partial charge >= 0.3 is 0 Å². The van der Waals surface area contributed by atoms with Gasteiger partial charge in [0.2, 0.25) is 0 Å². The molecule has 0 aromatic heterocycles. The summed E-state index contributed by atoms with van der Waals surface area (Å²) in [4.78, 5) is 0. The van der Waals surface area contributed by atoms with Crippen LogP contribution in [-0.2, 0) is 11.3 Å². The van der Waals surface area contributed by atoms with E-state index >= 15 is 0 Å². The molecule has 1 aromatic rings. The maximum Gasteiger partial charge on any atom is 0.123 e. The van der Waals surface area contributed by atoms with Gasteiger partial charge in [0.15, 0.2) is 0 Å². The topological polar surface area (TPSA) is 30.5 Å². The second kappa shape index (κ2) is 8.51. The zero-order valence-electron chi connectivity index (χ0n) is 11.3. The van der Waals surface area contributed by atoms with E-state index in [1.807, 2.05) is 19.1 Å². The molecule has 102 valence electrons. The number of hydrogen-bond acceptors (Lipinski definition) is 3. The van der Waals surface area contributed by atoms with Crippen LogP contribution < -0.4 is 10.1 Å². The van der Waals surface area contributed by atoms with Crippen LogP contribution >= 0.6 is 15.9 Å². The smallest absolute Gasteiger partial charge is 0.123 e. The van der Waals surface area contributed by atoms with E-state index in [1.165, 1.54) is 5.56 Å². The Morgan fingerprint density at radius 1 is 1.39 bits per heavy atom. The monoisotopic (exact) mass is 315 g/mol. The lowest BCUT2D eigenvalue weighted by atomic mass is 10.2. The summed E-state index contributed by atoms with van der Waals surface area (Å²) in [5.74, 6) is 0.956. The third-order valence-corrected chi connectivity index (χ3v) is 3.13. The van der Waals surface area contributed by atoms with E-state index < -0.39 is 0 Å². The summed E-state index contributed by atoms with van der Waals surface area (Å²) >= 11 is 3.49. The zero-order valence-corrected chi connectivity index (χ0v) is 12.9. The summed E-state index contributed by atoms with van der Waals surface area (Å²) in [6.45, 7) is 6.52. The zero-order chi connectivity index (χ0) is 13.4. The van der Waals surface area contributed by atoms with Crippen molar-refractivity contribution < 1.29 is 9.47 Å². The van der Waals surface area contributed by atoms with Crippen molar-refractivity contribution in [3.63, 3.8) is 0 Å². The van der Waals surface area contributed by atoms with Gasteiger partial charge in [-0.25, -0.2) is 0 Å². The van der Waals surface area contributed by atoms with Crippen molar-refractivity contribution in [2.24, 2.45) is 0 Å². The molecule has 0 bridgehead atoms. The molecule has 0 aliphatic heterocycles. The molecule has 0 fully saturated rings. The molecule has 1 rings (SSSR count). The Morgan fingerprint density at radius 2 is 2.17 bits per heavy atom. The van der Waals surface area contributed by atoms with Gasteiger partial charge in [-0.05, 0) is 31.5 Å². The molecule has 0 spiro atoms. The number of benzene rings is 1. The summed E-state index contributed by atoms with van der Waals surface area (Å²) in [5.41, 5.74) is 1.17. The van der Waals surface area contributed by atoms with Gasteiger partial charge in [-0.1, -0.05) is 22.9 Å². The van der Waals surface area contributed by atoms with Gasteiger partial charge < -0.3 is 14.8 Å².